The van der Waals surface area contributed by atoms with Crippen molar-refractivity contribution in [1.82, 2.24) is 14.7 Å². The molecular formula is C20H18N4OS. The van der Waals surface area contributed by atoms with Gasteiger partial charge in [0, 0.05) is 22.8 Å². The zero-order valence-corrected chi connectivity index (χ0v) is 15.1. The van der Waals surface area contributed by atoms with E-state index in [0.29, 0.717) is 6.54 Å². The standard InChI is InChI=1S/C20H18N4OS/c1-14-6-4-10-24-13-18(22-19(14)24)16-8-2-3-9-17(16)23-20(25)21-12-15-7-5-11-26-15/h2-11,13H,12H2,1H3,(H2,21,23,25). The molecule has 0 aliphatic heterocycles. The van der Waals surface area contributed by atoms with Crippen molar-refractivity contribution in [3.05, 3.63) is 76.7 Å². The highest BCUT2D eigenvalue weighted by Gasteiger charge is 2.12. The van der Waals surface area contributed by atoms with Crippen LogP contribution in [0.25, 0.3) is 16.9 Å². The molecule has 26 heavy (non-hydrogen) atoms. The van der Waals surface area contributed by atoms with Crippen LogP contribution in [0, 0.1) is 6.92 Å². The zero-order valence-electron chi connectivity index (χ0n) is 14.3. The fourth-order valence-electron chi connectivity index (χ4n) is 2.85. The van der Waals surface area contributed by atoms with Gasteiger partial charge in [-0.05, 0) is 36.1 Å². The number of thiophene rings is 1. The van der Waals surface area contributed by atoms with Crippen LogP contribution in [0.2, 0.25) is 0 Å². The van der Waals surface area contributed by atoms with Gasteiger partial charge < -0.3 is 15.0 Å². The van der Waals surface area contributed by atoms with E-state index >= 15 is 0 Å². The van der Waals surface area contributed by atoms with Gasteiger partial charge in [-0.2, -0.15) is 0 Å². The molecule has 0 aliphatic rings. The third-order valence-electron chi connectivity index (χ3n) is 4.13. The van der Waals surface area contributed by atoms with Crippen LogP contribution in [0.15, 0.2) is 66.3 Å². The van der Waals surface area contributed by atoms with E-state index < -0.39 is 0 Å². The molecule has 0 saturated heterocycles. The molecule has 1 aromatic carbocycles. The third-order valence-corrected chi connectivity index (χ3v) is 5.01. The van der Waals surface area contributed by atoms with Crippen LogP contribution in [-0.2, 0) is 6.54 Å². The number of carbonyl (C=O) groups is 1. The maximum absolute atomic E-state index is 12.3. The number of aryl methyl sites for hydroxylation is 1. The highest BCUT2D eigenvalue weighted by molar-refractivity contribution is 7.09. The maximum atomic E-state index is 12.3. The lowest BCUT2D eigenvalue weighted by atomic mass is 10.1. The number of fused-ring (bicyclic) bond motifs is 1. The van der Waals surface area contributed by atoms with Gasteiger partial charge in [0.15, 0.2) is 0 Å². The Bertz CT molecular complexity index is 1050. The number of pyridine rings is 1. The first-order valence-corrected chi connectivity index (χ1v) is 9.19. The lowest BCUT2D eigenvalue weighted by Crippen LogP contribution is -2.28. The van der Waals surface area contributed by atoms with E-state index in [1.807, 2.05) is 77.6 Å². The number of benzene rings is 1. The van der Waals surface area contributed by atoms with Crippen molar-refractivity contribution in [2.24, 2.45) is 0 Å². The molecule has 0 unspecified atom stereocenters. The van der Waals surface area contributed by atoms with Gasteiger partial charge in [0.1, 0.15) is 5.65 Å². The summed E-state index contributed by atoms with van der Waals surface area (Å²) < 4.78 is 2.00. The quantitative estimate of drug-likeness (QED) is 0.553. The number of nitrogens with zero attached hydrogens (tertiary/aromatic N) is 2. The van der Waals surface area contributed by atoms with Crippen LogP contribution in [0.1, 0.15) is 10.4 Å². The van der Waals surface area contributed by atoms with Gasteiger partial charge in [0.25, 0.3) is 0 Å². The van der Waals surface area contributed by atoms with E-state index in [0.717, 1.165) is 33.0 Å². The number of nitrogens with one attached hydrogen (secondary N) is 2. The number of imidazole rings is 1. The summed E-state index contributed by atoms with van der Waals surface area (Å²) in [6.07, 6.45) is 3.95. The van der Waals surface area contributed by atoms with E-state index in [-0.39, 0.29) is 6.03 Å². The second-order valence-electron chi connectivity index (χ2n) is 5.98. The minimum Gasteiger partial charge on any atom is -0.333 e. The lowest BCUT2D eigenvalue weighted by molar-refractivity contribution is 0.252. The largest absolute Gasteiger partial charge is 0.333 e. The van der Waals surface area contributed by atoms with Gasteiger partial charge in [0.2, 0.25) is 0 Å². The Morgan fingerprint density at radius 3 is 2.85 bits per heavy atom. The Morgan fingerprint density at radius 2 is 2.04 bits per heavy atom. The van der Waals surface area contributed by atoms with E-state index in [1.165, 1.54) is 0 Å². The Morgan fingerprint density at radius 1 is 1.15 bits per heavy atom. The van der Waals surface area contributed by atoms with Gasteiger partial charge in [-0.25, -0.2) is 9.78 Å². The molecule has 3 heterocycles. The predicted octanol–water partition coefficient (Wildman–Crippen LogP) is 4.69. The number of hydrogen-bond donors (Lipinski definition) is 2. The zero-order chi connectivity index (χ0) is 17.9. The summed E-state index contributed by atoms with van der Waals surface area (Å²) in [5, 5.41) is 7.81. The van der Waals surface area contributed by atoms with Crippen LogP contribution in [-0.4, -0.2) is 15.4 Å². The SMILES string of the molecule is Cc1cccn2cc(-c3ccccc3NC(=O)NCc3cccs3)nc12. The molecule has 5 nitrogen and oxygen atoms in total. The summed E-state index contributed by atoms with van der Waals surface area (Å²) in [5.41, 5.74) is 4.48. The fraction of sp³-hybridized carbons (Fsp3) is 0.100. The minimum absolute atomic E-state index is 0.231. The number of hydrogen-bond acceptors (Lipinski definition) is 3. The molecule has 0 atom stereocenters. The summed E-state index contributed by atoms with van der Waals surface area (Å²) in [4.78, 5) is 18.1. The molecular weight excluding hydrogens is 344 g/mol. The molecule has 0 saturated carbocycles. The summed E-state index contributed by atoms with van der Waals surface area (Å²) in [6, 6.07) is 15.5. The van der Waals surface area contributed by atoms with Crippen molar-refractivity contribution in [3.8, 4) is 11.3 Å². The van der Waals surface area contributed by atoms with Crippen LogP contribution >= 0.6 is 11.3 Å². The van der Waals surface area contributed by atoms with E-state index in [1.54, 1.807) is 11.3 Å². The van der Waals surface area contributed by atoms with Crippen molar-refractivity contribution in [2.75, 3.05) is 5.32 Å². The lowest BCUT2D eigenvalue weighted by Gasteiger charge is -2.10. The van der Waals surface area contributed by atoms with Crippen molar-refractivity contribution in [3.63, 3.8) is 0 Å². The second-order valence-corrected chi connectivity index (χ2v) is 7.01. The second kappa shape index (κ2) is 7.01. The Kier molecular flexibility index (Phi) is 4.41. The number of rotatable bonds is 4. The van der Waals surface area contributed by atoms with E-state index in [2.05, 4.69) is 10.6 Å². The first-order valence-electron chi connectivity index (χ1n) is 8.31. The van der Waals surface area contributed by atoms with Gasteiger partial charge >= 0.3 is 6.03 Å². The highest BCUT2D eigenvalue weighted by atomic mass is 32.1. The van der Waals surface area contributed by atoms with Crippen molar-refractivity contribution in [2.45, 2.75) is 13.5 Å². The molecule has 0 bridgehead atoms. The molecule has 2 N–H and O–H groups in total. The molecule has 0 spiro atoms. The molecule has 4 rings (SSSR count). The summed E-state index contributed by atoms with van der Waals surface area (Å²) in [6.45, 7) is 2.55. The fourth-order valence-corrected chi connectivity index (χ4v) is 3.49. The minimum atomic E-state index is -0.231. The van der Waals surface area contributed by atoms with Gasteiger partial charge in [-0.15, -0.1) is 11.3 Å². The van der Waals surface area contributed by atoms with Crippen LogP contribution in [0.4, 0.5) is 10.5 Å². The van der Waals surface area contributed by atoms with Crippen molar-refractivity contribution < 1.29 is 4.79 Å². The Hall–Kier alpha value is -3.12. The number of urea groups is 1. The molecule has 4 aromatic rings. The molecule has 6 heteroatoms. The van der Waals surface area contributed by atoms with Crippen molar-refractivity contribution >= 4 is 28.7 Å². The average molecular weight is 362 g/mol. The Balaban J connectivity index is 1.57. The number of anilines is 1. The average Bonchev–Trinajstić information content (AvgIpc) is 3.31. The van der Waals surface area contributed by atoms with Gasteiger partial charge in [-0.3, -0.25) is 0 Å². The van der Waals surface area contributed by atoms with Gasteiger partial charge in [0.05, 0.1) is 17.9 Å². The smallest absolute Gasteiger partial charge is 0.319 e. The highest BCUT2D eigenvalue weighted by Crippen LogP contribution is 2.28. The number of amides is 2. The van der Waals surface area contributed by atoms with Crippen LogP contribution < -0.4 is 10.6 Å². The topological polar surface area (TPSA) is 58.4 Å². The van der Waals surface area contributed by atoms with E-state index in [4.69, 9.17) is 4.98 Å². The first-order chi connectivity index (χ1) is 12.7. The number of carbonyl (C=O) groups excluding carboxylic acids is 1. The third kappa shape index (κ3) is 3.32. The molecule has 0 aliphatic carbocycles. The predicted molar refractivity (Wildman–Crippen MR) is 106 cm³/mol. The molecule has 0 radical (unpaired) electrons. The molecule has 130 valence electrons. The van der Waals surface area contributed by atoms with Gasteiger partial charge in [-0.1, -0.05) is 30.3 Å². The Labute approximate surface area is 155 Å². The summed E-state index contributed by atoms with van der Waals surface area (Å²) >= 11 is 1.62. The summed E-state index contributed by atoms with van der Waals surface area (Å²) in [5.74, 6) is 0. The first kappa shape index (κ1) is 16.4. The van der Waals surface area contributed by atoms with Crippen LogP contribution in [0.5, 0.6) is 0 Å². The van der Waals surface area contributed by atoms with E-state index in [9.17, 15) is 4.79 Å². The monoisotopic (exact) mass is 362 g/mol. The molecule has 2 amide bonds. The maximum Gasteiger partial charge on any atom is 0.319 e. The number of para-hydroxylation sites is 1. The number of aromatic nitrogens is 2. The summed E-state index contributed by atoms with van der Waals surface area (Å²) in [7, 11) is 0. The molecule has 3 aromatic heterocycles. The van der Waals surface area contributed by atoms with Crippen LogP contribution in [0.3, 0.4) is 0 Å². The van der Waals surface area contributed by atoms with Crippen molar-refractivity contribution in [1.29, 1.82) is 0 Å². The normalized spacial score (nSPS) is 10.8. The molecule has 0 fully saturated rings.